The van der Waals surface area contributed by atoms with Gasteiger partial charge >= 0.3 is 0 Å². The van der Waals surface area contributed by atoms with Gasteiger partial charge in [-0.15, -0.1) is 0 Å². The summed E-state index contributed by atoms with van der Waals surface area (Å²) in [5, 5.41) is 15.7. The molecule has 1 amide bonds. The third-order valence-corrected chi connectivity index (χ3v) is 2.49. The van der Waals surface area contributed by atoms with Crippen molar-refractivity contribution in [2.24, 2.45) is 0 Å². The predicted molar refractivity (Wildman–Crippen MR) is 54.5 cm³/mol. The number of carbonyl (C=O) groups excluding carboxylic acids is 1. The Morgan fingerprint density at radius 1 is 1.81 bits per heavy atom. The van der Waals surface area contributed by atoms with E-state index in [1.165, 1.54) is 4.90 Å². The van der Waals surface area contributed by atoms with E-state index in [1.807, 2.05) is 0 Å². The van der Waals surface area contributed by atoms with Crippen LogP contribution in [0.25, 0.3) is 0 Å². The number of hydrogen-bond acceptors (Lipinski definition) is 5. The standard InChI is InChI=1S/C10H12N4O2/c1-7-4-9(16-13-7)10(15)14-3-2-12-6-8(14)5-11/h4,8,12H,2-3,6H2,1H3. The molecule has 0 saturated carbocycles. The fourth-order valence-corrected chi connectivity index (χ4v) is 1.67. The number of hydrogen-bond donors (Lipinski definition) is 1. The molecule has 0 radical (unpaired) electrons. The summed E-state index contributed by atoms with van der Waals surface area (Å²) < 4.78 is 4.90. The van der Waals surface area contributed by atoms with Crippen molar-refractivity contribution in [3.63, 3.8) is 0 Å². The van der Waals surface area contributed by atoms with Gasteiger partial charge in [0.2, 0.25) is 5.76 Å². The molecule has 1 aromatic heterocycles. The maximum absolute atomic E-state index is 12.0. The Hall–Kier alpha value is -1.87. The van der Waals surface area contributed by atoms with Crippen LogP contribution < -0.4 is 5.32 Å². The predicted octanol–water partition coefficient (Wildman–Crippen LogP) is -0.0794. The fraction of sp³-hybridized carbons (Fsp3) is 0.500. The maximum Gasteiger partial charge on any atom is 0.293 e. The van der Waals surface area contributed by atoms with Crippen molar-refractivity contribution in [2.45, 2.75) is 13.0 Å². The molecule has 1 atom stereocenters. The molecule has 0 aliphatic carbocycles. The van der Waals surface area contributed by atoms with Gasteiger partial charge in [-0.1, -0.05) is 5.16 Å². The Morgan fingerprint density at radius 2 is 2.62 bits per heavy atom. The number of aromatic nitrogens is 1. The number of nitrogens with zero attached hydrogens (tertiary/aromatic N) is 3. The van der Waals surface area contributed by atoms with Crippen LogP contribution in [0, 0.1) is 18.3 Å². The van der Waals surface area contributed by atoms with E-state index in [1.54, 1.807) is 13.0 Å². The van der Waals surface area contributed by atoms with Gasteiger partial charge in [-0.05, 0) is 6.92 Å². The van der Waals surface area contributed by atoms with Crippen LogP contribution in [0.2, 0.25) is 0 Å². The lowest BCUT2D eigenvalue weighted by atomic mass is 10.2. The summed E-state index contributed by atoms with van der Waals surface area (Å²) in [6, 6.07) is 3.24. The molecule has 16 heavy (non-hydrogen) atoms. The van der Waals surface area contributed by atoms with Crippen molar-refractivity contribution in [3.05, 3.63) is 17.5 Å². The monoisotopic (exact) mass is 220 g/mol. The first-order chi connectivity index (χ1) is 7.72. The van der Waals surface area contributed by atoms with Gasteiger partial charge in [-0.2, -0.15) is 5.26 Å². The van der Waals surface area contributed by atoms with Crippen LogP contribution in [0.1, 0.15) is 16.2 Å². The number of carbonyl (C=O) groups is 1. The van der Waals surface area contributed by atoms with Gasteiger partial charge in [-0.25, -0.2) is 0 Å². The average molecular weight is 220 g/mol. The third-order valence-electron chi connectivity index (χ3n) is 2.49. The van der Waals surface area contributed by atoms with Crippen LogP contribution >= 0.6 is 0 Å². The first-order valence-electron chi connectivity index (χ1n) is 5.07. The maximum atomic E-state index is 12.0. The normalized spacial score (nSPS) is 20.5. The molecule has 1 saturated heterocycles. The van der Waals surface area contributed by atoms with Crippen LogP contribution in [-0.2, 0) is 0 Å². The minimum absolute atomic E-state index is 0.194. The Kier molecular flexibility index (Phi) is 2.88. The molecule has 1 N–H and O–H groups in total. The van der Waals surface area contributed by atoms with E-state index >= 15 is 0 Å². The van der Waals surface area contributed by atoms with E-state index in [4.69, 9.17) is 9.78 Å². The molecule has 84 valence electrons. The second kappa shape index (κ2) is 4.33. The smallest absolute Gasteiger partial charge is 0.293 e. The van der Waals surface area contributed by atoms with Crippen LogP contribution in [0.15, 0.2) is 10.6 Å². The molecule has 2 heterocycles. The molecule has 1 aliphatic heterocycles. The van der Waals surface area contributed by atoms with Crippen molar-refractivity contribution >= 4 is 5.91 Å². The molecule has 6 nitrogen and oxygen atoms in total. The summed E-state index contributed by atoms with van der Waals surface area (Å²) in [7, 11) is 0. The van der Waals surface area contributed by atoms with E-state index in [0.29, 0.717) is 25.3 Å². The highest BCUT2D eigenvalue weighted by Gasteiger charge is 2.29. The number of nitriles is 1. The minimum atomic E-state index is -0.438. The van der Waals surface area contributed by atoms with Crippen molar-refractivity contribution in [3.8, 4) is 6.07 Å². The number of aryl methyl sites for hydroxylation is 1. The molecule has 0 aromatic carbocycles. The van der Waals surface area contributed by atoms with Crippen molar-refractivity contribution in [2.75, 3.05) is 19.6 Å². The Bertz CT molecular complexity index is 434. The number of rotatable bonds is 1. The van der Waals surface area contributed by atoms with Crippen molar-refractivity contribution < 1.29 is 9.32 Å². The van der Waals surface area contributed by atoms with Crippen LogP contribution in [0.5, 0.6) is 0 Å². The van der Waals surface area contributed by atoms with Gasteiger partial charge < -0.3 is 14.7 Å². The zero-order valence-electron chi connectivity index (χ0n) is 8.93. The van der Waals surface area contributed by atoms with Gasteiger partial charge in [0, 0.05) is 25.7 Å². The molecular formula is C10H12N4O2. The van der Waals surface area contributed by atoms with E-state index in [-0.39, 0.29) is 11.7 Å². The van der Waals surface area contributed by atoms with E-state index in [9.17, 15) is 4.79 Å². The van der Waals surface area contributed by atoms with Crippen molar-refractivity contribution in [1.29, 1.82) is 5.26 Å². The summed E-state index contributed by atoms with van der Waals surface area (Å²) >= 11 is 0. The van der Waals surface area contributed by atoms with Gasteiger partial charge in [0.1, 0.15) is 6.04 Å². The summed E-state index contributed by atoms with van der Waals surface area (Å²) in [4.78, 5) is 13.5. The Labute approximate surface area is 92.8 Å². The second-order valence-electron chi connectivity index (χ2n) is 3.68. The molecular weight excluding hydrogens is 208 g/mol. The number of piperazine rings is 1. The summed E-state index contributed by atoms with van der Waals surface area (Å²) in [6.45, 7) is 3.45. The number of amides is 1. The highest BCUT2D eigenvalue weighted by atomic mass is 16.5. The lowest BCUT2D eigenvalue weighted by Gasteiger charge is -2.30. The average Bonchev–Trinajstić information content (AvgIpc) is 2.75. The van der Waals surface area contributed by atoms with Gasteiger partial charge in [-0.3, -0.25) is 4.79 Å². The second-order valence-corrected chi connectivity index (χ2v) is 3.68. The SMILES string of the molecule is Cc1cc(C(=O)N2CCNCC2C#N)on1. The fourth-order valence-electron chi connectivity index (χ4n) is 1.67. The molecule has 1 unspecified atom stereocenters. The van der Waals surface area contributed by atoms with Gasteiger partial charge in [0.05, 0.1) is 11.8 Å². The first-order valence-corrected chi connectivity index (χ1v) is 5.07. The van der Waals surface area contributed by atoms with E-state index in [2.05, 4.69) is 16.5 Å². The highest BCUT2D eigenvalue weighted by molar-refractivity contribution is 5.92. The van der Waals surface area contributed by atoms with Crippen LogP contribution in [0.3, 0.4) is 0 Å². The molecule has 6 heteroatoms. The molecule has 2 rings (SSSR count). The van der Waals surface area contributed by atoms with Crippen LogP contribution in [0.4, 0.5) is 0 Å². The summed E-state index contributed by atoms with van der Waals surface area (Å²) in [5.41, 5.74) is 0.659. The van der Waals surface area contributed by atoms with E-state index < -0.39 is 6.04 Å². The van der Waals surface area contributed by atoms with Crippen LogP contribution in [-0.4, -0.2) is 41.6 Å². The zero-order chi connectivity index (χ0) is 11.5. The summed E-state index contributed by atoms with van der Waals surface area (Å²) in [5.74, 6) is -0.0756. The van der Waals surface area contributed by atoms with Gasteiger partial charge in [0.25, 0.3) is 5.91 Å². The van der Waals surface area contributed by atoms with E-state index in [0.717, 1.165) is 0 Å². The largest absolute Gasteiger partial charge is 0.351 e. The lowest BCUT2D eigenvalue weighted by molar-refractivity contribution is 0.0644. The lowest BCUT2D eigenvalue weighted by Crippen LogP contribution is -2.52. The number of nitrogens with one attached hydrogen (secondary N) is 1. The quantitative estimate of drug-likeness (QED) is 0.715. The molecule has 1 fully saturated rings. The Balaban J connectivity index is 2.17. The third kappa shape index (κ3) is 1.90. The topological polar surface area (TPSA) is 82.2 Å². The molecule has 0 spiro atoms. The molecule has 1 aromatic rings. The highest BCUT2D eigenvalue weighted by Crippen LogP contribution is 2.11. The van der Waals surface area contributed by atoms with Gasteiger partial charge in [0.15, 0.2) is 0 Å². The minimum Gasteiger partial charge on any atom is -0.351 e. The molecule has 1 aliphatic rings. The Morgan fingerprint density at radius 3 is 3.25 bits per heavy atom. The molecule has 0 bridgehead atoms. The first kappa shape index (κ1) is 10.6. The van der Waals surface area contributed by atoms with Crippen molar-refractivity contribution in [1.82, 2.24) is 15.4 Å². The zero-order valence-corrected chi connectivity index (χ0v) is 8.93. The summed E-state index contributed by atoms with van der Waals surface area (Å²) in [6.07, 6.45) is 0.